The Hall–Kier alpha value is -2.92. The number of aryl methyl sites for hydroxylation is 1. The summed E-state index contributed by atoms with van der Waals surface area (Å²) in [5.74, 6) is -0.444. The molecule has 2 heterocycles. The van der Waals surface area contributed by atoms with Crippen LogP contribution in [0, 0.1) is 24.2 Å². The number of carbonyl (C=O) groups excluding carboxylic acids is 1. The maximum atomic E-state index is 12.4. The lowest BCUT2D eigenvalue weighted by Gasteiger charge is -2.32. The average molecular weight is 398 g/mol. The van der Waals surface area contributed by atoms with E-state index >= 15 is 0 Å². The number of benzene rings is 1. The van der Waals surface area contributed by atoms with E-state index in [0.29, 0.717) is 42.9 Å². The molecule has 1 aromatic heterocycles. The highest BCUT2D eigenvalue weighted by Gasteiger charge is 2.29. The number of amides is 1. The van der Waals surface area contributed by atoms with Gasteiger partial charge in [-0.2, -0.15) is 5.26 Å². The van der Waals surface area contributed by atoms with Crippen molar-refractivity contribution in [2.75, 3.05) is 18.0 Å². The van der Waals surface area contributed by atoms with E-state index in [4.69, 9.17) is 0 Å². The first kappa shape index (κ1) is 19.8. The van der Waals surface area contributed by atoms with Crippen LogP contribution in [0.2, 0.25) is 0 Å². The summed E-state index contributed by atoms with van der Waals surface area (Å²) in [5.41, 5.74) is 1.95. The van der Waals surface area contributed by atoms with Crippen molar-refractivity contribution in [1.29, 1.82) is 5.26 Å². The molecule has 146 valence electrons. The van der Waals surface area contributed by atoms with E-state index in [1.807, 2.05) is 17.9 Å². The number of sulfonamides is 1. The number of anilines is 1. The molecule has 1 aliphatic heterocycles. The predicted octanol–water partition coefficient (Wildman–Crippen LogP) is 2.12. The highest BCUT2D eigenvalue weighted by molar-refractivity contribution is 7.89. The molecule has 0 unspecified atom stereocenters. The van der Waals surface area contributed by atoms with Crippen LogP contribution in [0.15, 0.2) is 42.5 Å². The summed E-state index contributed by atoms with van der Waals surface area (Å²) in [5, 5.41) is 9.28. The molecule has 7 nitrogen and oxygen atoms in total. The second-order valence-corrected chi connectivity index (χ2v) is 8.63. The quantitative estimate of drug-likeness (QED) is 0.827. The van der Waals surface area contributed by atoms with Gasteiger partial charge in [0.2, 0.25) is 15.9 Å². The van der Waals surface area contributed by atoms with Crippen molar-refractivity contribution >= 4 is 21.7 Å². The summed E-state index contributed by atoms with van der Waals surface area (Å²) >= 11 is 0. The Morgan fingerprint density at radius 3 is 2.54 bits per heavy atom. The van der Waals surface area contributed by atoms with Crippen molar-refractivity contribution in [3.05, 3.63) is 59.3 Å². The Bertz CT molecular complexity index is 992. The fourth-order valence-electron chi connectivity index (χ4n) is 3.29. The fourth-order valence-corrected chi connectivity index (χ4v) is 4.47. The van der Waals surface area contributed by atoms with Gasteiger partial charge in [0, 0.05) is 24.7 Å². The molecule has 1 aliphatic rings. The zero-order valence-electron chi connectivity index (χ0n) is 15.6. The van der Waals surface area contributed by atoms with E-state index in [1.54, 1.807) is 36.4 Å². The minimum absolute atomic E-state index is 0.225. The molecule has 1 amide bonds. The second kappa shape index (κ2) is 8.40. The number of aromatic nitrogens is 1. The van der Waals surface area contributed by atoms with Crippen LogP contribution in [0.4, 0.5) is 5.82 Å². The van der Waals surface area contributed by atoms with Gasteiger partial charge in [-0.3, -0.25) is 9.52 Å². The number of hydrogen-bond acceptors (Lipinski definition) is 6. The topological polar surface area (TPSA) is 103 Å². The molecule has 2 aromatic rings. The Labute approximate surface area is 165 Å². The van der Waals surface area contributed by atoms with Crippen LogP contribution < -0.4 is 9.62 Å². The molecule has 1 fully saturated rings. The zero-order valence-corrected chi connectivity index (χ0v) is 16.4. The third kappa shape index (κ3) is 4.87. The molecule has 1 aromatic carbocycles. The molecule has 0 spiro atoms. The maximum absolute atomic E-state index is 12.4. The molecule has 1 saturated heterocycles. The zero-order chi connectivity index (χ0) is 20.1. The monoisotopic (exact) mass is 398 g/mol. The Morgan fingerprint density at radius 1 is 1.21 bits per heavy atom. The standard InChI is InChI=1S/C20H22N4O3S/c1-15-7-8-18(13-21)19(22-15)24-11-9-17(10-12-24)20(25)23-28(26,27)14-16-5-3-2-4-6-16/h2-8,17H,9-12,14H2,1H3,(H,23,25). The number of nitrogens with one attached hydrogen (secondary N) is 1. The molecule has 0 aliphatic carbocycles. The SMILES string of the molecule is Cc1ccc(C#N)c(N2CCC(C(=O)NS(=O)(=O)Cc3ccccc3)CC2)n1. The summed E-state index contributed by atoms with van der Waals surface area (Å²) in [7, 11) is -3.73. The van der Waals surface area contributed by atoms with Crippen LogP contribution in [0.3, 0.4) is 0 Å². The van der Waals surface area contributed by atoms with Gasteiger partial charge in [-0.15, -0.1) is 0 Å². The lowest BCUT2D eigenvalue weighted by Crippen LogP contribution is -2.43. The largest absolute Gasteiger partial charge is 0.355 e. The number of piperidine rings is 1. The first-order valence-electron chi connectivity index (χ1n) is 9.09. The minimum atomic E-state index is -3.73. The number of rotatable bonds is 5. The van der Waals surface area contributed by atoms with Gasteiger partial charge in [0.15, 0.2) is 0 Å². The molecule has 0 atom stereocenters. The molecular formula is C20H22N4O3S. The third-order valence-corrected chi connectivity index (χ3v) is 5.98. The van der Waals surface area contributed by atoms with E-state index in [2.05, 4.69) is 15.8 Å². The summed E-state index contributed by atoms with van der Waals surface area (Å²) < 4.78 is 26.8. The second-order valence-electron chi connectivity index (χ2n) is 6.91. The van der Waals surface area contributed by atoms with Crippen LogP contribution in [0.25, 0.3) is 0 Å². The van der Waals surface area contributed by atoms with Crippen molar-refractivity contribution in [2.24, 2.45) is 5.92 Å². The summed E-state index contributed by atoms with van der Waals surface area (Å²) in [6, 6.07) is 14.4. The van der Waals surface area contributed by atoms with Crippen molar-refractivity contribution < 1.29 is 13.2 Å². The average Bonchev–Trinajstić information content (AvgIpc) is 2.68. The molecule has 0 radical (unpaired) electrons. The number of nitrogens with zero attached hydrogens (tertiary/aromatic N) is 3. The summed E-state index contributed by atoms with van der Waals surface area (Å²) in [6.07, 6.45) is 1.01. The van der Waals surface area contributed by atoms with Gasteiger partial charge in [0.1, 0.15) is 11.9 Å². The summed E-state index contributed by atoms with van der Waals surface area (Å²) in [4.78, 5) is 18.9. The van der Waals surface area contributed by atoms with Crippen molar-refractivity contribution in [3.8, 4) is 6.07 Å². The number of pyridine rings is 1. The molecule has 8 heteroatoms. The molecule has 0 bridgehead atoms. The van der Waals surface area contributed by atoms with Crippen LogP contribution >= 0.6 is 0 Å². The lowest BCUT2D eigenvalue weighted by atomic mass is 9.96. The molecule has 28 heavy (non-hydrogen) atoms. The van der Waals surface area contributed by atoms with Crippen LogP contribution in [-0.2, 0) is 20.6 Å². The van der Waals surface area contributed by atoms with E-state index in [0.717, 1.165) is 5.69 Å². The highest BCUT2D eigenvalue weighted by atomic mass is 32.2. The van der Waals surface area contributed by atoms with Gasteiger partial charge in [-0.25, -0.2) is 13.4 Å². The Kier molecular flexibility index (Phi) is 5.95. The van der Waals surface area contributed by atoms with Crippen molar-refractivity contribution in [2.45, 2.75) is 25.5 Å². The molecule has 3 rings (SSSR count). The smallest absolute Gasteiger partial charge is 0.239 e. The fraction of sp³-hybridized carbons (Fsp3) is 0.350. The van der Waals surface area contributed by atoms with Gasteiger partial charge >= 0.3 is 0 Å². The van der Waals surface area contributed by atoms with E-state index in [9.17, 15) is 18.5 Å². The third-order valence-electron chi connectivity index (χ3n) is 4.76. The van der Waals surface area contributed by atoms with Crippen molar-refractivity contribution in [1.82, 2.24) is 9.71 Å². The highest BCUT2D eigenvalue weighted by Crippen LogP contribution is 2.25. The van der Waals surface area contributed by atoms with Gasteiger partial charge in [0.25, 0.3) is 0 Å². The summed E-state index contributed by atoms with van der Waals surface area (Å²) in [6.45, 7) is 2.95. The van der Waals surface area contributed by atoms with E-state index in [-0.39, 0.29) is 11.7 Å². The number of hydrogen-bond donors (Lipinski definition) is 1. The molecular weight excluding hydrogens is 376 g/mol. The van der Waals surface area contributed by atoms with Crippen LogP contribution in [-0.4, -0.2) is 32.4 Å². The molecule has 1 N–H and O–H groups in total. The number of carbonyl (C=O) groups is 1. The first-order valence-corrected chi connectivity index (χ1v) is 10.7. The predicted molar refractivity (Wildman–Crippen MR) is 106 cm³/mol. The van der Waals surface area contributed by atoms with Gasteiger partial charge in [0.05, 0.1) is 11.3 Å². The maximum Gasteiger partial charge on any atom is 0.239 e. The number of nitriles is 1. The first-order chi connectivity index (χ1) is 13.4. The lowest BCUT2D eigenvalue weighted by molar-refractivity contribution is -0.123. The van der Waals surface area contributed by atoms with Gasteiger partial charge in [-0.05, 0) is 37.5 Å². The Balaban J connectivity index is 1.60. The van der Waals surface area contributed by atoms with Crippen LogP contribution in [0.5, 0.6) is 0 Å². The van der Waals surface area contributed by atoms with Crippen molar-refractivity contribution in [3.63, 3.8) is 0 Å². The van der Waals surface area contributed by atoms with E-state index < -0.39 is 15.9 Å². The Morgan fingerprint density at radius 2 is 1.89 bits per heavy atom. The minimum Gasteiger partial charge on any atom is -0.355 e. The van der Waals surface area contributed by atoms with Crippen LogP contribution in [0.1, 0.15) is 29.7 Å². The molecule has 0 saturated carbocycles. The normalized spacial score (nSPS) is 15.1. The van der Waals surface area contributed by atoms with E-state index in [1.165, 1.54) is 0 Å². The van der Waals surface area contributed by atoms with Gasteiger partial charge in [-0.1, -0.05) is 30.3 Å². The van der Waals surface area contributed by atoms with Gasteiger partial charge < -0.3 is 4.90 Å².